The second-order valence-corrected chi connectivity index (χ2v) is 11.6. The number of carbonyl (C=O) groups is 4. The Labute approximate surface area is 257 Å². The van der Waals surface area contributed by atoms with Crippen LogP contribution in [0, 0.1) is 17.8 Å². The second-order valence-electron chi connectivity index (χ2n) is 11.6. The van der Waals surface area contributed by atoms with Gasteiger partial charge in [0.2, 0.25) is 11.8 Å². The topological polar surface area (TPSA) is 101 Å². The monoisotopic (exact) mass is 645 g/mol. The van der Waals surface area contributed by atoms with Crippen LogP contribution < -0.4 is 9.64 Å². The van der Waals surface area contributed by atoms with E-state index in [4.69, 9.17) is 9.84 Å². The van der Waals surface area contributed by atoms with Gasteiger partial charge < -0.3 is 9.84 Å². The fourth-order valence-corrected chi connectivity index (χ4v) is 6.98. The van der Waals surface area contributed by atoms with Crippen LogP contribution in [0.4, 0.5) is 32.0 Å². The third-order valence-corrected chi connectivity index (χ3v) is 8.97. The van der Waals surface area contributed by atoms with Crippen molar-refractivity contribution in [2.45, 2.75) is 38.0 Å². The van der Waals surface area contributed by atoms with Crippen LogP contribution in [0.15, 0.2) is 76.9 Å². The van der Waals surface area contributed by atoms with E-state index in [2.05, 4.69) is 0 Å². The van der Waals surface area contributed by atoms with E-state index in [1.165, 1.54) is 13.0 Å². The number of hydrogen-bond donors (Lipinski definition) is 1. The Morgan fingerprint density at radius 3 is 2.11 bits per heavy atom. The Bertz CT molecular complexity index is 1740. The number of carbonyl (C=O) groups excluding carboxylic acids is 4. The minimum Gasteiger partial charge on any atom is -0.491 e. The second kappa shape index (κ2) is 11.1. The third kappa shape index (κ3) is 5.16. The number of rotatable bonds is 5. The van der Waals surface area contributed by atoms with Crippen LogP contribution in [0.2, 0.25) is 0 Å². The van der Waals surface area contributed by atoms with E-state index in [0.717, 1.165) is 0 Å². The Kier molecular flexibility index (Phi) is 7.57. The first kappa shape index (κ1) is 31.5. The van der Waals surface area contributed by atoms with E-state index in [-0.39, 0.29) is 54.6 Å². The first-order valence-electron chi connectivity index (χ1n) is 14.3. The molecule has 1 heterocycles. The van der Waals surface area contributed by atoms with Crippen molar-refractivity contribution in [1.82, 2.24) is 0 Å². The Hall–Kier alpha value is -4.52. The molecule has 0 aromatic heterocycles. The summed E-state index contributed by atoms with van der Waals surface area (Å²) in [5.41, 5.74) is -2.48. The molecule has 6 rings (SSSR count). The molecular formula is C33H25F6NO6. The minimum atomic E-state index is -5.19. The Morgan fingerprint density at radius 2 is 1.52 bits per heavy atom. The van der Waals surface area contributed by atoms with Gasteiger partial charge in [-0.2, -0.15) is 26.3 Å². The number of hydrogen-bond acceptors (Lipinski definition) is 6. The van der Waals surface area contributed by atoms with E-state index >= 15 is 0 Å². The molecule has 0 unspecified atom stereocenters. The molecule has 1 saturated heterocycles. The quantitative estimate of drug-likeness (QED) is 0.193. The van der Waals surface area contributed by atoms with E-state index < -0.39 is 70.4 Å². The zero-order valence-electron chi connectivity index (χ0n) is 24.0. The van der Waals surface area contributed by atoms with Crippen LogP contribution in [-0.4, -0.2) is 41.7 Å². The maximum Gasteiger partial charge on any atom is 0.416 e. The highest BCUT2D eigenvalue weighted by atomic mass is 19.4. The van der Waals surface area contributed by atoms with Crippen molar-refractivity contribution in [3.05, 3.63) is 93.6 Å². The van der Waals surface area contributed by atoms with Crippen molar-refractivity contribution in [3.63, 3.8) is 0 Å². The number of imide groups is 1. The van der Waals surface area contributed by atoms with Crippen molar-refractivity contribution >= 4 is 29.1 Å². The molecule has 4 atom stereocenters. The molecule has 240 valence electrons. The number of aliphatic hydroxyl groups excluding tert-OH is 1. The fraction of sp³-hybridized carbons (Fsp3) is 0.333. The number of Topliss-reactive ketones (excluding diaryl/α,β-unsaturated/α-hetero) is 1. The number of alkyl halides is 6. The molecule has 7 nitrogen and oxygen atoms in total. The number of ether oxygens (including phenoxy) is 1. The summed E-state index contributed by atoms with van der Waals surface area (Å²) in [5.74, 6) is -6.29. The van der Waals surface area contributed by atoms with E-state index in [1.54, 1.807) is 30.3 Å². The first-order chi connectivity index (χ1) is 21.6. The SMILES string of the molecule is CC1=CC(=O)C2=C(C1=O)[C@@H](c1ccc(OCCO)cc1)C1=CC[C@@H]3C(=O)N(c4cc(C(F)(F)F)cc(C(F)(F)F)c4)C(=O)[C@@H]3[C@@H]1C2. The zero-order chi connectivity index (χ0) is 33.3. The minimum absolute atomic E-state index is 0.0360. The molecule has 13 heteroatoms. The highest BCUT2D eigenvalue weighted by molar-refractivity contribution is 6.25. The molecule has 3 aliphatic carbocycles. The smallest absolute Gasteiger partial charge is 0.416 e. The summed E-state index contributed by atoms with van der Waals surface area (Å²) in [6.07, 6.45) is -7.69. The highest BCUT2D eigenvalue weighted by Crippen LogP contribution is 2.56. The molecule has 4 aliphatic rings. The van der Waals surface area contributed by atoms with Gasteiger partial charge in [0, 0.05) is 22.6 Å². The molecule has 1 N–H and O–H groups in total. The van der Waals surface area contributed by atoms with Crippen LogP contribution in [0.1, 0.15) is 42.4 Å². The lowest BCUT2D eigenvalue weighted by Crippen LogP contribution is -2.39. The van der Waals surface area contributed by atoms with E-state index in [1.807, 2.05) is 0 Å². The molecule has 46 heavy (non-hydrogen) atoms. The summed E-state index contributed by atoms with van der Waals surface area (Å²) in [4.78, 5) is 54.7. The molecule has 0 saturated carbocycles. The van der Waals surface area contributed by atoms with Crippen molar-refractivity contribution in [3.8, 4) is 5.75 Å². The summed E-state index contributed by atoms with van der Waals surface area (Å²) >= 11 is 0. The van der Waals surface area contributed by atoms with E-state index in [9.17, 15) is 45.5 Å². The van der Waals surface area contributed by atoms with Crippen molar-refractivity contribution in [1.29, 1.82) is 0 Å². The first-order valence-corrected chi connectivity index (χ1v) is 14.3. The van der Waals surface area contributed by atoms with Gasteiger partial charge in [0.05, 0.1) is 35.3 Å². The molecule has 2 aromatic carbocycles. The maximum absolute atomic E-state index is 14.0. The number of anilines is 1. The van der Waals surface area contributed by atoms with Crippen LogP contribution in [0.3, 0.4) is 0 Å². The number of benzene rings is 2. The standard InChI is InChI=1S/C33H25F6NO6/c1-15-10-25(42)24-14-23-21(26(28(24)29(15)43)16-2-4-20(5-3-16)46-9-8-41)6-7-22-27(23)31(45)40(30(22)44)19-12-17(32(34,35)36)11-18(13-19)33(37,38)39/h2-6,10-13,22-23,26-27,41H,7-9,14H2,1H3/t22-,23+,26-,27-/m0/s1. The Balaban J connectivity index is 1.44. The highest BCUT2D eigenvalue weighted by Gasteiger charge is 2.57. The van der Waals surface area contributed by atoms with Gasteiger partial charge in [-0.3, -0.25) is 19.2 Å². The number of halogens is 6. The summed E-state index contributed by atoms with van der Waals surface area (Å²) in [7, 11) is 0. The average Bonchev–Trinajstić information content (AvgIpc) is 3.26. The molecule has 1 aliphatic heterocycles. The van der Waals surface area contributed by atoms with Crippen molar-refractivity contribution in [2.75, 3.05) is 18.1 Å². The van der Waals surface area contributed by atoms with Gasteiger partial charge in [-0.15, -0.1) is 0 Å². The van der Waals surface area contributed by atoms with Crippen LogP contribution in [-0.2, 0) is 31.5 Å². The predicted octanol–water partition coefficient (Wildman–Crippen LogP) is 5.73. The fourth-order valence-electron chi connectivity index (χ4n) is 6.98. The maximum atomic E-state index is 14.0. The largest absolute Gasteiger partial charge is 0.491 e. The summed E-state index contributed by atoms with van der Waals surface area (Å²) in [6, 6.07) is 7.16. The summed E-state index contributed by atoms with van der Waals surface area (Å²) in [5, 5.41) is 9.06. The number of nitrogens with zero attached hydrogens (tertiary/aromatic N) is 1. The molecule has 2 amide bonds. The average molecular weight is 646 g/mol. The van der Waals surface area contributed by atoms with Crippen molar-refractivity contribution in [2.24, 2.45) is 17.8 Å². The summed E-state index contributed by atoms with van der Waals surface area (Å²) in [6.45, 7) is 1.32. The van der Waals surface area contributed by atoms with Crippen LogP contribution in [0.5, 0.6) is 5.75 Å². The van der Waals surface area contributed by atoms with Gasteiger partial charge in [-0.05, 0) is 67.7 Å². The van der Waals surface area contributed by atoms with Gasteiger partial charge in [0.15, 0.2) is 11.6 Å². The van der Waals surface area contributed by atoms with Gasteiger partial charge in [0.25, 0.3) is 0 Å². The molecule has 0 radical (unpaired) electrons. The number of fused-ring (bicyclic) bond motifs is 3. The number of amides is 2. The van der Waals surface area contributed by atoms with Gasteiger partial charge in [0.1, 0.15) is 12.4 Å². The van der Waals surface area contributed by atoms with Crippen LogP contribution >= 0.6 is 0 Å². The molecule has 0 bridgehead atoms. The molecule has 0 spiro atoms. The van der Waals surface area contributed by atoms with Gasteiger partial charge >= 0.3 is 12.4 Å². The van der Waals surface area contributed by atoms with Crippen LogP contribution in [0.25, 0.3) is 0 Å². The zero-order valence-corrected chi connectivity index (χ0v) is 24.0. The van der Waals surface area contributed by atoms with Gasteiger partial charge in [-0.1, -0.05) is 23.8 Å². The predicted molar refractivity (Wildman–Crippen MR) is 149 cm³/mol. The Morgan fingerprint density at radius 1 is 0.891 bits per heavy atom. The molecule has 1 fully saturated rings. The molecule has 2 aromatic rings. The number of aliphatic hydroxyl groups is 1. The van der Waals surface area contributed by atoms with Gasteiger partial charge in [-0.25, -0.2) is 4.90 Å². The van der Waals surface area contributed by atoms with E-state index in [0.29, 0.717) is 33.9 Å². The molecular weight excluding hydrogens is 620 g/mol. The third-order valence-electron chi connectivity index (χ3n) is 8.97. The normalized spacial score (nSPS) is 24.8. The summed E-state index contributed by atoms with van der Waals surface area (Å²) < 4.78 is 87.2. The lowest BCUT2D eigenvalue weighted by Gasteiger charge is -2.42. The lowest BCUT2D eigenvalue weighted by atomic mass is 9.59. The lowest BCUT2D eigenvalue weighted by molar-refractivity contribution is -0.143. The number of ketones is 2. The van der Waals surface area contributed by atoms with Crippen molar-refractivity contribution < 1.29 is 55.4 Å². The number of allylic oxidation sites excluding steroid dienone is 6.